The molecule has 0 fully saturated rings. The molecule has 2 amide bonds. The number of rotatable bonds is 6. The van der Waals surface area contributed by atoms with Crippen molar-refractivity contribution in [1.82, 2.24) is 5.32 Å². The fraction of sp³-hybridized carbons (Fsp3) is 0.467. The second kappa shape index (κ2) is 8.73. The fourth-order valence-electron chi connectivity index (χ4n) is 1.63. The van der Waals surface area contributed by atoms with Crippen LogP contribution in [0.2, 0.25) is 0 Å². The second-order valence-electron chi connectivity index (χ2n) is 5.74. The monoisotopic (exact) mass is 387 g/mol. The third-order valence-electron chi connectivity index (χ3n) is 2.48. The van der Waals surface area contributed by atoms with Gasteiger partial charge in [0.2, 0.25) is 5.91 Å². The van der Waals surface area contributed by atoms with Crippen molar-refractivity contribution < 1.29 is 19.4 Å². The van der Waals surface area contributed by atoms with Gasteiger partial charge in [-0.3, -0.25) is 4.79 Å². The first-order valence-corrected chi connectivity index (χ1v) is 7.91. The molecule has 7 nitrogen and oxygen atoms in total. The van der Waals surface area contributed by atoms with Crippen LogP contribution in [0.5, 0.6) is 0 Å². The molecule has 0 spiro atoms. The van der Waals surface area contributed by atoms with E-state index < -0.39 is 11.7 Å². The molecule has 0 saturated carbocycles. The lowest BCUT2D eigenvalue weighted by Gasteiger charge is -2.19. The van der Waals surface area contributed by atoms with Crippen LogP contribution < -0.4 is 16.0 Å². The highest BCUT2D eigenvalue weighted by molar-refractivity contribution is 9.10. The number of amides is 2. The number of ether oxygens (including phenoxy) is 1. The lowest BCUT2D eigenvalue weighted by atomic mass is 10.2. The summed E-state index contributed by atoms with van der Waals surface area (Å²) >= 11 is 3.33. The van der Waals surface area contributed by atoms with Crippen LogP contribution in [-0.2, 0) is 9.53 Å². The van der Waals surface area contributed by atoms with Crippen molar-refractivity contribution in [3.63, 3.8) is 0 Å². The Morgan fingerprint density at radius 3 is 2.57 bits per heavy atom. The average Bonchev–Trinajstić information content (AvgIpc) is 2.42. The maximum absolute atomic E-state index is 11.9. The lowest BCUT2D eigenvalue weighted by Crippen LogP contribution is -2.37. The summed E-state index contributed by atoms with van der Waals surface area (Å²) in [6.07, 6.45) is -0.652. The summed E-state index contributed by atoms with van der Waals surface area (Å²) in [5, 5.41) is 17.0. The van der Waals surface area contributed by atoms with E-state index in [1.165, 1.54) is 0 Å². The quantitative estimate of drug-likeness (QED) is 0.600. The van der Waals surface area contributed by atoms with Crippen LogP contribution in [0.4, 0.5) is 16.2 Å². The Bertz CT molecular complexity index is 558. The zero-order valence-electron chi connectivity index (χ0n) is 13.4. The Morgan fingerprint density at radius 1 is 1.26 bits per heavy atom. The van der Waals surface area contributed by atoms with E-state index >= 15 is 0 Å². The van der Waals surface area contributed by atoms with E-state index in [-0.39, 0.29) is 19.1 Å². The number of carbonyl (C=O) groups excluding carboxylic acids is 2. The molecule has 0 aliphatic heterocycles. The van der Waals surface area contributed by atoms with Crippen molar-refractivity contribution in [2.24, 2.45) is 0 Å². The normalized spacial score (nSPS) is 10.8. The van der Waals surface area contributed by atoms with Crippen LogP contribution in [-0.4, -0.2) is 42.4 Å². The molecule has 0 atom stereocenters. The first kappa shape index (κ1) is 19.2. The van der Waals surface area contributed by atoms with E-state index in [1.54, 1.807) is 32.9 Å². The van der Waals surface area contributed by atoms with Gasteiger partial charge in [0.15, 0.2) is 0 Å². The van der Waals surface area contributed by atoms with Gasteiger partial charge >= 0.3 is 6.09 Å². The van der Waals surface area contributed by atoms with Gasteiger partial charge in [-0.1, -0.05) is 15.9 Å². The number of carbonyl (C=O) groups is 2. The van der Waals surface area contributed by atoms with E-state index in [4.69, 9.17) is 9.84 Å². The predicted molar refractivity (Wildman–Crippen MR) is 92.6 cm³/mol. The summed E-state index contributed by atoms with van der Waals surface area (Å²) < 4.78 is 5.85. The molecule has 1 aromatic carbocycles. The molecule has 1 rings (SSSR count). The Kier molecular flexibility index (Phi) is 7.31. The maximum Gasteiger partial charge on any atom is 0.408 e. The molecule has 0 radical (unpaired) electrons. The molecule has 0 aromatic heterocycles. The van der Waals surface area contributed by atoms with Crippen LogP contribution in [0.15, 0.2) is 22.7 Å². The molecular formula is C15H22BrN3O4. The van der Waals surface area contributed by atoms with Gasteiger partial charge in [-0.2, -0.15) is 0 Å². The molecule has 4 N–H and O–H groups in total. The van der Waals surface area contributed by atoms with Gasteiger partial charge in [0.05, 0.1) is 18.0 Å². The first-order valence-electron chi connectivity index (χ1n) is 7.12. The highest BCUT2D eigenvalue weighted by Crippen LogP contribution is 2.25. The summed E-state index contributed by atoms with van der Waals surface area (Å²) in [5.41, 5.74) is 0.600. The summed E-state index contributed by atoms with van der Waals surface area (Å²) in [4.78, 5) is 23.5. The largest absolute Gasteiger partial charge is 0.444 e. The molecule has 0 bridgehead atoms. The number of aliphatic hydroxyl groups excluding tert-OH is 1. The topological polar surface area (TPSA) is 99.7 Å². The minimum absolute atomic E-state index is 0.0242. The third-order valence-corrected chi connectivity index (χ3v) is 2.97. The molecular weight excluding hydrogens is 366 g/mol. The average molecular weight is 388 g/mol. The molecule has 0 heterocycles. The van der Waals surface area contributed by atoms with E-state index in [2.05, 4.69) is 31.9 Å². The lowest BCUT2D eigenvalue weighted by molar-refractivity contribution is -0.115. The first-order chi connectivity index (χ1) is 10.7. The Balaban J connectivity index is 2.59. The number of nitrogens with one attached hydrogen (secondary N) is 3. The van der Waals surface area contributed by atoms with Crippen molar-refractivity contribution in [2.45, 2.75) is 26.4 Å². The Morgan fingerprint density at radius 2 is 1.96 bits per heavy atom. The van der Waals surface area contributed by atoms with Crippen molar-refractivity contribution in [3.8, 4) is 0 Å². The molecule has 1 aromatic rings. The van der Waals surface area contributed by atoms with E-state index in [1.807, 2.05) is 6.07 Å². The van der Waals surface area contributed by atoms with Crippen molar-refractivity contribution in [2.75, 3.05) is 30.3 Å². The van der Waals surface area contributed by atoms with Crippen LogP contribution in [0, 0.1) is 0 Å². The molecule has 0 aliphatic carbocycles. The molecule has 23 heavy (non-hydrogen) atoms. The van der Waals surface area contributed by atoms with Gasteiger partial charge in [0, 0.05) is 11.0 Å². The maximum atomic E-state index is 11.9. The summed E-state index contributed by atoms with van der Waals surface area (Å²) in [7, 11) is 0. The predicted octanol–water partition coefficient (Wildman–Crippen LogP) is 2.32. The number of hydrogen-bond donors (Lipinski definition) is 4. The van der Waals surface area contributed by atoms with Crippen LogP contribution in [0.3, 0.4) is 0 Å². The minimum atomic E-state index is -0.652. The Labute approximate surface area is 143 Å². The van der Waals surface area contributed by atoms with Gasteiger partial charge < -0.3 is 25.8 Å². The standard InChI is InChI=1S/C15H22BrN3O4/c1-15(2,3)23-14(22)18-9-13(21)19-12-8-10(16)4-5-11(12)17-6-7-20/h4-5,8,17,20H,6-7,9H2,1-3H3,(H,18,22)(H,19,21). The number of alkyl carbamates (subject to hydrolysis) is 1. The van der Waals surface area contributed by atoms with Gasteiger partial charge in [-0.25, -0.2) is 4.79 Å². The van der Waals surface area contributed by atoms with Crippen LogP contribution >= 0.6 is 15.9 Å². The van der Waals surface area contributed by atoms with Crippen LogP contribution in [0.1, 0.15) is 20.8 Å². The number of aliphatic hydroxyl groups is 1. The fourth-order valence-corrected chi connectivity index (χ4v) is 1.99. The number of halogens is 1. The molecule has 128 valence electrons. The Hall–Kier alpha value is -1.80. The second-order valence-corrected chi connectivity index (χ2v) is 6.66. The molecule has 0 unspecified atom stereocenters. The van der Waals surface area contributed by atoms with E-state index in [0.29, 0.717) is 17.9 Å². The van der Waals surface area contributed by atoms with Crippen molar-refractivity contribution >= 4 is 39.3 Å². The SMILES string of the molecule is CC(C)(C)OC(=O)NCC(=O)Nc1cc(Br)ccc1NCCO. The summed E-state index contributed by atoms with van der Waals surface area (Å²) in [5.74, 6) is -0.388. The van der Waals surface area contributed by atoms with Gasteiger partial charge in [0.25, 0.3) is 0 Å². The summed E-state index contributed by atoms with van der Waals surface area (Å²) in [6, 6.07) is 5.32. The third kappa shape index (κ3) is 7.85. The van der Waals surface area contributed by atoms with Gasteiger partial charge in [0.1, 0.15) is 12.1 Å². The van der Waals surface area contributed by atoms with Gasteiger partial charge in [-0.15, -0.1) is 0 Å². The number of benzene rings is 1. The zero-order valence-corrected chi connectivity index (χ0v) is 15.0. The van der Waals surface area contributed by atoms with E-state index in [0.717, 1.165) is 4.47 Å². The number of anilines is 2. The van der Waals surface area contributed by atoms with Crippen LogP contribution in [0.25, 0.3) is 0 Å². The molecule has 0 aliphatic rings. The minimum Gasteiger partial charge on any atom is -0.444 e. The highest BCUT2D eigenvalue weighted by atomic mass is 79.9. The smallest absolute Gasteiger partial charge is 0.408 e. The van der Waals surface area contributed by atoms with Crippen molar-refractivity contribution in [1.29, 1.82) is 0 Å². The summed E-state index contributed by atoms with van der Waals surface area (Å²) in [6.45, 7) is 5.36. The molecule has 0 saturated heterocycles. The van der Waals surface area contributed by atoms with Gasteiger partial charge in [-0.05, 0) is 39.0 Å². The highest BCUT2D eigenvalue weighted by Gasteiger charge is 2.17. The van der Waals surface area contributed by atoms with E-state index in [9.17, 15) is 9.59 Å². The zero-order chi connectivity index (χ0) is 17.5. The molecule has 8 heteroatoms. The number of hydrogen-bond acceptors (Lipinski definition) is 5. The van der Waals surface area contributed by atoms with Crippen molar-refractivity contribution in [3.05, 3.63) is 22.7 Å².